The van der Waals surface area contributed by atoms with Crippen molar-refractivity contribution in [3.8, 4) is 0 Å². The van der Waals surface area contributed by atoms with Crippen molar-refractivity contribution in [2.75, 3.05) is 5.75 Å². The van der Waals surface area contributed by atoms with Crippen LogP contribution < -0.4 is 21.2 Å². The molecule has 1 aromatic heterocycles. The number of carboxylic acids is 1. The smallest absolute Gasteiger partial charge is 0.336 e. The van der Waals surface area contributed by atoms with Crippen molar-refractivity contribution in [3.63, 3.8) is 0 Å². The van der Waals surface area contributed by atoms with Gasteiger partial charge in [0.1, 0.15) is 12.2 Å². The van der Waals surface area contributed by atoms with Crippen LogP contribution in [-0.4, -0.2) is 83.5 Å². The van der Waals surface area contributed by atoms with Gasteiger partial charge >= 0.3 is 5.97 Å². The highest BCUT2D eigenvalue weighted by molar-refractivity contribution is 7.99. The first-order chi connectivity index (χ1) is 31.2. The zero-order valence-corrected chi connectivity index (χ0v) is 36.5. The number of aryl methyl sites for hydroxylation is 1. The number of ether oxygens (including phenoxy) is 2. The molecule has 0 unspecified atom stereocenters. The lowest BCUT2D eigenvalue weighted by atomic mass is 10.0. The molecular weight excluding hydrogens is 848 g/mol. The Morgan fingerprint density at radius 1 is 0.750 bits per heavy atom. The highest BCUT2D eigenvalue weighted by atomic mass is 32.2. The van der Waals surface area contributed by atoms with Crippen LogP contribution in [0.2, 0.25) is 0 Å². The number of aromatic nitrogens is 4. The number of nitrogens with one attached hydrogen (secondary N) is 1. The van der Waals surface area contributed by atoms with Crippen molar-refractivity contribution >= 4 is 63.7 Å². The van der Waals surface area contributed by atoms with Gasteiger partial charge in [-0.25, -0.2) is 9.48 Å². The quantitative estimate of drug-likeness (QED) is 0.0642. The zero-order chi connectivity index (χ0) is 44.6. The Balaban J connectivity index is 1.41. The summed E-state index contributed by atoms with van der Waals surface area (Å²) in [5.74, 6) is -2.70. The van der Waals surface area contributed by atoms with E-state index < -0.39 is 49.1 Å². The molecule has 3 atom stereocenters. The largest absolute Gasteiger partial charge is 0.478 e. The van der Waals surface area contributed by atoms with Gasteiger partial charge in [-0.05, 0) is 57.3 Å². The number of Topliss-reactive ketones (excluding diaryl/α,β-unsaturated/α-hetero) is 1. The molecule has 2 heterocycles. The normalized spacial score (nSPS) is 15.3. The lowest BCUT2D eigenvalue weighted by Crippen LogP contribution is -2.74. The first-order valence-electron chi connectivity index (χ1n) is 20.4. The lowest BCUT2D eigenvalue weighted by molar-refractivity contribution is -0.181. The minimum atomic E-state index is -3.67. The number of thioether (sulfide) groups is 1. The molecule has 1 saturated heterocycles. The summed E-state index contributed by atoms with van der Waals surface area (Å²) in [7, 11) is 1.66. The van der Waals surface area contributed by atoms with Gasteiger partial charge in [-0.15, -0.1) is 5.10 Å². The standard InChI is InChI=1S/C49H43N6O7PS/c1-33(40(56)32-64-48-51-52-53-54(48)2)61-46-42(50-44(57)36-24-12-5-13-25-36)45(58)55(46)49(62-43(34-20-8-3-9-21-34)35-22-10-4-11-23-35)63(37-26-14-6-15-27-37,38-28-16-7-17-29-38)41-31-19-18-30-39(41)47(59)60/h3-31,33,42-43,46H,32H2,1-2H3,(H,50,57)(H,59,60)/t33-,42-,46+/m0/s1. The number of likely N-dealkylation sites (tertiary alicyclic amines) is 1. The number of carboxylic acid groups (broad SMARTS) is 1. The second kappa shape index (κ2) is 19.6. The first-order valence-corrected chi connectivity index (χ1v) is 23.2. The van der Waals surface area contributed by atoms with Crippen molar-refractivity contribution in [2.45, 2.75) is 36.6 Å². The predicted octanol–water partition coefficient (Wildman–Crippen LogP) is 5.83. The van der Waals surface area contributed by atoms with Gasteiger partial charge in [0.25, 0.3) is 11.8 Å². The Morgan fingerprint density at radius 2 is 1.27 bits per heavy atom. The summed E-state index contributed by atoms with van der Waals surface area (Å²) in [4.78, 5) is 58.1. The summed E-state index contributed by atoms with van der Waals surface area (Å²) in [5, 5.41) is 27.5. The maximum absolute atomic E-state index is 15.4. The average Bonchev–Trinajstić information content (AvgIpc) is 3.76. The van der Waals surface area contributed by atoms with Crippen molar-refractivity contribution < 1.29 is 33.8 Å². The molecule has 322 valence electrons. The lowest BCUT2D eigenvalue weighted by Gasteiger charge is -2.50. The fraction of sp³-hybridized carbons (Fsp3) is 0.143. The second-order valence-corrected chi connectivity index (χ2v) is 19.0. The Kier molecular flexibility index (Phi) is 13.4. The van der Waals surface area contributed by atoms with Crippen LogP contribution in [0.4, 0.5) is 0 Å². The molecule has 6 aromatic carbocycles. The molecule has 0 radical (unpaired) electrons. The first kappa shape index (κ1) is 43.7. The van der Waals surface area contributed by atoms with Crippen LogP contribution in [0.25, 0.3) is 0 Å². The molecule has 2 amide bonds. The van der Waals surface area contributed by atoms with E-state index in [0.717, 1.165) is 22.9 Å². The van der Waals surface area contributed by atoms with Crippen LogP contribution in [0, 0.1) is 0 Å². The highest BCUT2D eigenvalue weighted by Gasteiger charge is 2.55. The van der Waals surface area contributed by atoms with Crippen LogP contribution >= 0.6 is 18.6 Å². The number of carbonyl (C=O) groups excluding carboxylic acids is 3. The molecule has 1 aliphatic rings. The molecule has 0 saturated carbocycles. The van der Waals surface area contributed by atoms with Gasteiger partial charge < -0.3 is 19.9 Å². The molecule has 8 rings (SSSR count). The maximum Gasteiger partial charge on any atom is 0.336 e. The number of carbonyl (C=O) groups is 4. The van der Waals surface area contributed by atoms with E-state index in [0.29, 0.717) is 26.6 Å². The summed E-state index contributed by atoms with van der Waals surface area (Å²) < 4.78 is 15.7. The summed E-state index contributed by atoms with van der Waals surface area (Å²) in [6.45, 7) is -2.08. The number of aromatic carboxylic acids is 1. The van der Waals surface area contributed by atoms with Crippen molar-refractivity contribution in [1.82, 2.24) is 30.4 Å². The number of nitrogens with zero attached hydrogens (tertiary/aromatic N) is 5. The SMILES string of the molecule is C[C@H](O[C@@H]1[C@@H](NC(=O)c2ccccc2)C(=O)N1C(OC(c1ccccc1)c1ccccc1)=P(c1ccccc1)(c1ccccc1)c1ccccc1C(=O)O)C(=O)CSc1nnnn1C. The maximum atomic E-state index is 15.4. The van der Waals surface area contributed by atoms with Gasteiger partial charge in [0.2, 0.25) is 5.16 Å². The minimum Gasteiger partial charge on any atom is -0.478 e. The molecule has 1 aliphatic heterocycles. The summed E-state index contributed by atoms with van der Waals surface area (Å²) in [6, 6.07) is 51.7. The van der Waals surface area contributed by atoms with Crippen molar-refractivity contribution in [3.05, 3.63) is 198 Å². The minimum absolute atomic E-state index is 0.00109. The Hall–Kier alpha value is -6.96. The topological polar surface area (TPSA) is 166 Å². The third-order valence-corrected chi connectivity index (χ3v) is 16.0. The van der Waals surface area contributed by atoms with Crippen LogP contribution in [-0.2, 0) is 26.1 Å². The fourth-order valence-corrected chi connectivity index (χ4v) is 12.8. The summed E-state index contributed by atoms with van der Waals surface area (Å²) >= 11 is 1.13. The number of ketones is 1. The van der Waals surface area contributed by atoms with Gasteiger partial charge in [0.15, 0.2) is 23.7 Å². The van der Waals surface area contributed by atoms with Gasteiger partial charge in [0.05, 0.1) is 11.3 Å². The molecule has 1 fully saturated rings. The molecule has 64 heavy (non-hydrogen) atoms. The Bertz CT molecular complexity index is 2730. The van der Waals surface area contributed by atoms with Crippen LogP contribution in [0.15, 0.2) is 181 Å². The van der Waals surface area contributed by atoms with E-state index in [9.17, 15) is 19.5 Å². The van der Waals surface area contributed by atoms with Crippen molar-refractivity contribution in [2.24, 2.45) is 7.05 Å². The number of hydrogen-bond acceptors (Lipinski definition) is 10. The van der Waals surface area contributed by atoms with E-state index in [1.54, 1.807) is 68.6 Å². The zero-order valence-electron chi connectivity index (χ0n) is 34.7. The monoisotopic (exact) mass is 890 g/mol. The molecule has 15 heteroatoms. The number of benzene rings is 6. The average molecular weight is 891 g/mol. The molecular formula is C49H43N6O7PS. The highest BCUT2D eigenvalue weighted by Crippen LogP contribution is 2.51. The molecule has 2 N–H and O–H groups in total. The summed E-state index contributed by atoms with van der Waals surface area (Å²) in [5.41, 5.74) is 1.89. The van der Waals surface area contributed by atoms with E-state index in [-0.39, 0.29) is 22.7 Å². The molecule has 0 spiro atoms. The number of hydrogen-bond donors (Lipinski definition) is 2. The Labute approximate surface area is 374 Å². The van der Waals surface area contributed by atoms with Gasteiger partial charge in [-0.1, -0.05) is 169 Å². The number of amides is 2. The van der Waals surface area contributed by atoms with Gasteiger partial charge in [-0.2, -0.15) is 0 Å². The van der Waals surface area contributed by atoms with Gasteiger partial charge in [-0.3, -0.25) is 19.3 Å². The molecule has 13 nitrogen and oxygen atoms in total. The van der Waals surface area contributed by atoms with Crippen molar-refractivity contribution in [1.29, 1.82) is 0 Å². The Morgan fingerprint density at radius 3 is 1.80 bits per heavy atom. The van der Waals surface area contributed by atoms with Crippen LogP contribution in [0.5, 0.6) is 0 Å². The van der Waals surface area contributed by atoms with E-state index in [4.69, 9.17) is 9.47 Å². The van der Waals surface area contributed by atoms with E-state index >= 15 is 4.79 Å². The number of β-lactam (4-membered cyclic amide) rings is 1. The van der Waals surface area contributed by atoms with Crippen LogP contribution in [0.1, 0.15) is 44.9 Å². The fourth-order valence-electron chi connectivity index (χ4n) is 7.62. The van der Waals surface area contributed by atoms with Crippen LogP contribution in [0.3, 0.4) is 0 Å². The van der Waals surface area contributed by atoms with E-state index in [1.165, 1.54) is 9.58 Å². The third-order valence-electron chi connectivity index (χ3n) is 10.8. The van der Waals surface area contributed by atoms with E-state index in [2.05, 4.69) is 20.8 Å². The van der Waals surface area contributed by atoms with E-state index in [1.807, 2.05) is 121 Å². The second-order valence-electron chi connectivity index (χ2n) is 14.8. The summed E-state index contributed by atoms with van der Waals surface area (Å²) in [6.07, 6.45) is -3.31. The molecule has 7 aromatic rings. The number of tetrazole rings is 1. The molecule has 0 bridgehead atoms. The third kappa shape index (κ3) is 8.81. The predicted molar refractivity (Wildman–Crippen MR) is 246 cm³/mol. The number of rotatable bonds is 17. The van der Waals surface area contributed by atoms with Gasteiger partial charge in [0, 0.05) is 24.8 Å². The molecule has 0 aliphatic carbocycles.